The predicted molar refractivity (Wildman–Crippen MR) is 159 cm³/mol. The molecule has 0 radical (unpaired) electrons. The van der Waals surface area contributed by atoms with E-state index in [0.717, 1.165) is 24.8 Å². The number of Topliss-reactive ketones (excluding diaryl/α,β-unsaturated/α-hetero) is 1. The number of hydrogen-bond donors (Lipinski definition) is 1. The van der Waals surface area contributed by atoms with Crippen LogP contribution in [0.25, 0.3) is 5.76 Å². The van der Waals surface area contributed by atoms with Crippen molar-refractivity contribution >= 4 is 17.4 Å². The molecule has 1 fully saturated rings. The number of amides is 1. The Morgan fingerprint density at radius 3 is 2.41 bits per heavy atom. The van der Waals surface area contributed by atoms with Crippen molar-refractivity contribution < 1.29 is 28.9 Å². The highest BCUT2D eigenvalue weighted by Gasteiger charge is 2.46. The zero-order valence-electron chi connectivity index (χ0n) is 24.3. The monoisotopic (exact) mass is 557 g/mol. The maximum atomic E-state index is 13.5. The number of unbranched alkanes of at least 4 members (excludes halogenated alkanes) is 1. The number of hydrogen-bond acceptors (Lipinski definition) is 6. The molecule has 1 saturated heterocycles. The SMILES string of the molecule is CCCCOc1cccc(/C(O)=C2\C(=O)C(=O)N(Cc3ccccc3)C2c2ccc(OCCC(C)C)c(OC)c2)c1. The van der Waals surface area contributed by atoms with Gasteiger partial charge in [0.1, 0.15) is 11.5 Å². The van der Waals surface area contributed by atoms with Gasteiger partial charge in [0.2, 0.25) is 0 Å². The number of carbonyl (C=O) groups is 2. The predicted octanol–water partition coefficient (Wildman–Crippen LogP) is 6.92. The van der Waals surface area contributed by atoms with Gasteiger partial charge in [-0.05, 0) is 54.2 Å². The first-order valence-electron chi connectivity index (χ1n) is 14.2. The van der Waals surface area contributed by atoms with Crippen molar-refractivity contribution in [1.29, 1.82) is 0 Å². The van der Waals surface area contributed by atoms with Crippen LogP contribution in [0.1, 0.15) is 62.8 Å². The molecule has 7 nitrogen and oxygen atoms in total. The van der Waals surface area contributed by atoms with Gasteiger partial charge in [0.05, 0.1) is 31.9 Å². The lowest BCUT2D eigenvalue weighted by Gasteiger charge is -2.26. The van der Waals surface area contributed by atoms with Crippen molar-refractivity contribution in [1.82, 2.24) is 4.90 Å². The molecule has 0 aliphatic carbocycles. The van der Waals surface area contributed by atoms with Gasteiger partial charge in [-0.15, -0.1) is 0 Å². The summed E-state index contributed by atoms with van der Waals surface area (Å²) in [4.78, 5) is 28.5. The smallest absolute Gasteiger partial charge is 0.295 e. The molecule has 0 bridgehead atoms. The van der Waals surface area contributed by atoms with Crippen LogP contribution < -0.4 is 14.2 Å². The maximum absolute atomic E-state index is 13.5. The molecule has 7 heteroatoms. The van der Waals surface area contributed by atoms with Crippen LogP contribution in [-0.4, -0.2) is 42.0 Å². The second-order valence-corrected chi connectivity index (χ2v) is 10.6. The van der Waals surface area contributed by atoms with Gasteiger partial charge in [0.25, 0.3) is 11.7 Å². The Morgan fingerprint density at radius 1 is 0.927 bits per heavy atom. The Balaban J connectivity index is 1.78. The van der Waals surface area contributed by atoms with E-state index in [4.69, 9.17) is 14.2 Å². The van der Waals surface area contributed by atoms with E-state index in [-0.39, 0.29) is 17.9 Å². The Bertz CT molecular complexity index is 1380. The highest BCUT2D eigenvalue weighted by molar-refractivity contribution is 6.46. The van der Waals surface area contributed by atoms with Crippen LogP contribution in [0.5, 0.6) is 17.2 Å². The highest BCUT2D eigenvalue weighted by Crippen LogP contribution is 2.43. The number of ketones is 1. The van der Waals surface area contributed by atoms with Gasteiger partial charge in [0, 0.05) is 12.1 Å². The molecular weight excluding hydrogens is 518 g/mol. The van der Waals surface area contributed by atoms with Crippen molar-refractivity contribution in [3.05, 3.63) is 95.1 Å². The summed E-state index contributed by atoms with van der Waals surface area (Å²) in [5.74, 6) is 0.484. The number of rotatable bonds is 13. The van der Waals surface area contributed by atoms with Gasteiger partial charge in [-0.2, -0.15) is 0 Å². The molecule has 1 aliphatic heterocycles. The van der Waals surface area contributed by atoms with Gasteiger partial charge in [-0.1, -0.05) is 75.7 Å². The number of nitrogens with zero attached hydrogens (tertiary/aromatic N) is 1. The fourth-order valence-corrected chi connectivity index (χ4v) is 4.77. The largest absolute Gasteiger partial charge is 0.507 e. The van der Waals surface area contributed by atoms with Gasteiger partial charge < -0.3 is 24.2 Å². The molecule has 4 rings (SSSR count). The van der Waals surface area contributed by atoms with Crippen LogP contribution >= 0.6 is 0 Å². The first-order valence-corrected chi connectivity index (χ1v) is 14.2. The lowest BCUT2D eigenvalue weighted by atomic mass is 9.94. The Morgan fingerprint density at radius 2 is 1.71 bits per heavy atom. The number of benzene rings is 3. The fraction of sp³-hybridized carbons (Fsp3) is 0.353. The average Bonchev–Trinajstić information content (AvgIpc) is 3.22. The lowest BCUT2D eigenvalue weighted by molar-refractivity contribution is -0.140. The Hall–Kier alpha value is -4.26. The van der Waals surface area contributed by atoms with Crippen molar-refractivity contribution in [2.24, 2.45) is 5.92 Å². The second-order valence-electron chi connectivity index (χ2n) is 10.6. The van der Waals surface area contributed by atoms with E-state index in [1.807, 2.05) is 36.4 Å². The minimum absolute atomic E-state index is 0.0205. The summed E-state index contributed by atoms with van der Waals surface area (Å²) in [6.45, 7) is 7.63. The third-order valence-corrected chi connectivity index (χ3v) is 7.07. The van der Waals surface area contributed by atoms with E-state index >= 15 is 0 Å². The highest BCUT2D eigenvalue weighted by atomic mass is 16.5. The summed E-state index contributed by atoms with van der Waals surface area (Å²) in [6, 6.07) is 21.0. The van der Waals surface area contributed by atoms with E-state index in [9.17, 15) is 14.7 Å². The zero-order valence-corrected chi connectivity index (χ0v) is 24.3. The number of aliphatic hydroxyl groups is 1. The quantitative estimate of drug-likeness (QED) is 0.106. The van der Waals surface area contributed by atoms with Gasteiger partial charge in [-0.25, -0.2) is 0 Å². The van der Waals surface area contributed by atoms with E-state index in [1.165, 1.54) is 4.90 Å². The standard InChI is InChI=1S/C34H39NO6/c1-5-6-18-40-27-14-10-13-26(20-27)32(36)30-31(35(34(38)33(30)37)22-24-11-8-7-9-12-24)25-15-16-28(29(21-25)39-4)41-19-17-23(2)3/h7-16,20-21,23,31,36H,5-6,17-19,22H2,1-4H3/b32-30+. The molecule has 1 N–H and O–H groups in total. The summed E-state index contributed by atoms with van der Waals surface area (Å²) in [7, 11) is 1.55. The third-order valence-electron chi connectivity index (χ3n) is 7.07. The number of carbonyl (C=O) groups excluding carboxylic acids is 2. The van der Waals surface area contributed by atoms with E-state index in [0.29, 0.717) is 47.5 Å². The summed E-state index contributed by atoms with van der Waals surface area (Å²) in [5, 5.41) is 11.5. The molecule has 1 unspecified atom stereocenters. The maximum Gasteiger partial charge on any atom is 0.295 e. The molecule has 1 aliphatic rings. The van der Waals surface area contributed by atoms with E-state index < -0.39 is 17.7 Å². The van der Waals surface area contributed by atoms with Crippen LogP contribution in [-0.2, 0) is 16.1 Å². The summed E-state index contributed by atoms with van der Waals surface area (Å²) in [6.07, 6.45) is 2.79. The van der Waals surface area contributed by atoms with E-state index in [2.05, 4.69) is 20.8 Å². The molecule has 0 spiro atoms. The van der Waals surface area contributed by atoms with Gasteiger partial charge in [-0.3, -0.25) is 9.59 Å². The topological polar surface area (TPSA) is 85.3 Å². The van der Waals surface area contributed by atoms with Crippen LogP contribution in [0.15, 0.2) is 78.4 Å². The second kappa shape index (κ2) is 13.9. The molecule has 3 aromatic carbocycles. The number of aliphatic hydroxyl groups excluding tert-OH is 1. The zero-order chi connectivity index (χ0) is 29.4. The number of likely N-dealkylation sites (tertiary alicyclic amines) is 1. The molecule has 216 valence electrons. The van der Waals surface area contributed by atoms with Crippen molar-refractivity contribution in [3.8, 4) is 17.2 Å². The summed E-state index contributed by atoms with van der Waals surface area (Å²) in [5.41, 5.74) is 1.92. The number of methoxy groups -OCH3 is 1. The normalized spacial score (nSPS) is 16.3. The van der Waals surface area contributed by atoms with Crippen LogP contribution in [0, 0.1) is 5.92 Å². The fourth-order valence-electron chi connectivity index (χ4n) is 4.77. The summed E-state index contributed by atoms with van der Waals surface area (Å²) < 4.78 is 17.4. The first kappa shape index (κ1) is 29.7. The van der Waals surface area contributed by atoms with Crippen molar-refractivity contribution in [2.45, 2.75) is 52.6 Å². The summed E-state index contributed by atoms with van der Waals surface area (Å²) >= 11 is 0. The average molecular weight is 558 g/mol. The van der Waals surface area contributed by atoms with Crippen LogP contribution in [0.4, 0.5) is 0 Å². The van der Waals surface area contributed by atoms with Gasteiger partial charge in [0.15, 0.2) is 11.5 Å². The van der Waals surface area contributed by atoms with Crippen molar-refractivity contribution in [2.75, 3.05) is 20.3 Å². The third kappa shape index (κ3) is 7.09. The first-order chi connectivity index (χ1) is 19.8. The van der Waals surface area contributed by atoms with Gasteiger partial charge >= 0.3 is 0 Å². The minimum atomic E-state index is -0.835. The Labute approximate surface area is 242 Å². The molecule has 3 aromatic rings. The molecule has 0 saturated carbocycles. The van der Waals surface area contributed by atoms with E-state index in [1.54, 1.807) is 43.5 Å². The van der Waals surface area contributed by atoms with Crippen LogP contribution in [0.2, 0.25) is 0 Å². The number of ether oxygens (including phenoxy) is 3. The van der Waals surface area contributed by atoms with Crippen LogP contribution in [0.3, 0.4) is 0 Å². The Kier molecular flexibility index (Phi) is 10.1. The van der Waals surface area contributed by atoms with Crippen molar-refractivity contribution in [3.63, 3.8) is 0 Å². The molecule has 0 aromatic heterocycles. The molecule has 1 atom stereocenters. The molecule has 41 heavy (non-hydrogen) atoms. The molecule has 1 heterocycles. The molecular formula is C34H39NO6. The lowest BCUT2D eigenvalue weighted by Crippen LogP contribution is -2.29. The minimum Gasteiger partial charge on any atom is -0.507 e. The molecule has 1 amide bonds.